The summed E-state index contributed by atoms with van der Waals surface area (Å²) in [6, 6.07) is 0. The number of carbonyl (C=O) groups is 1. The third-order valence-electron chi connectivity index (χ3n) is 1.23. The minimum absolute atomic E-state index is 0.272. The van der Waals surface area contributed by atoms with Gasteiger partial charge in [0.15, 0.2) is 11.1 Å². The van der Waals surface area contributed by atoms with Crippen LogP contribution in [0.4, 0.5) is 4.79 Å². The van der Waals surface area contributed by atoms with E-state index < -0.39 is 22.8 Å². The summed E-state index contributed by atoms with van der Waals surface area (Å²) in [5, 5.41) is 2.52. The maximum Gasteiger partial charge on any atom is 0.407 e. The van der Waals surface area contributed by atoms with Crippen LogP contribution >= 0.6 is 0 Å². The minimum Gasteiger partial charge on any atom is -0.444 e. The van der Waals surface area contributed by atoms with Gasteiger partial charge in [-0.15, -0.1) is 0 Å². The first kappa shape index (κ1) is 14.4. The number of nitrogens with one attached hydrogen (secondary N) is 1. The zero-order chi connectivity index (χ0) is 12.1. The summed E-state index contributed by atoms with van der Waals surface area (Å²) in [6.45, 7) is 7.35. The van der Waals surface area contributed by atoms with Crippen molar-refractivity contribution in [3.05, 3.63) is 0 Å². The quantitative estimate of drug-likeness (QED) is 0.798. The molecule has 0 saturated carbocycles. The first-order chi connectivity index (χ1) is 6.70. The van der Waals surface area contributed by atoms with E-state index in [1.54, 1.807) is 27.7 Å². The number of hydrogen-bond donors (Lipinski definition) is 1. The lowest BCUT2D eigenvalue weighted by atomic mass is 10.2. The standard InChI is InChI=1S/C9H19NO4S/c1-7(14-15(5)12)6-10-8(11)13-9(2,3)4/h7H,6H2,1-5H3,(H,10,11). The lowest BCUT2D eigenvalue weighted by molar-refractivity contribution is 0.0507. The molecule has 1 N–H and O–H groups in total. The number of hydrogen-bond acceptors (Lipinski definition) is 4. The molecule has 0 saturated heterocycles. The summed E-state index contributed by atoms with van der Waals surface area (Å²) in [6.07, 6.45) is 0.632. The fraction of sp³-hybridized carbons (Fsp3) is 0.889. The summed E-state index contributed by atoms with van der Waals surface area (Å²) in [4.78, 5) is 11.2. The van der Waals surface area contributed by atoms with Crippen LogP contribution in [0, 0.1) is 0 Å². The highest BCUT2D eigenvalue weighted by Crippen LogP contribution is 2.06. The topological polar surface area (TPSA) is 64.6 Å². The van der Waals surface area contributed by atoms with Crippen molar-refractivity contribution >= 4 is 17.2 Å². The van der Waals surface area contributed by atoms with Crippen LogP contribution in [0.1, 0.15) is 27.7 Å². The van der Waals surface area contributed by atoms with Crippen LogP contribution in [0.15, 0.2) is 0 Å². The molecule has 0 radical (unpaired) electrons. The van der Waals surface area contributed by atoms with Gasteiger partial charge in [-0.2, -0.15) is 0 Å². The second kappa shape index (κ2) is 6.07. The van der Waals surface area contributed by atoms with Crippen molar-refractivity contribution < 1.29 is 17.9 Å². The van der Waals surface area contributed by atoms with Gasteiger partial charge in [-0.3, -0.25) is 4.18 Å². The van der Waals surface area contributed by atoms with Crippen molar-refractivity contribution in [1.29, 1.82) is 0 Å². The van der Waals surface area contributed by atoms with E-state index in [2.05, 4.69) is 5.32 Å². The zero-order valence-corrected chi connectivity index (χ0v) is 10.6. The van der Waals surface area contributed by atoms with E-state index in [1.807, 2.05) is 0 Å². The van der Waals surface area contributed by atoms with Gasteiger partial charge in [0, 0.05) is 12.8 Å². The smallest absolute Gasteiger partial charge is 0.407 e. The molecule has 0 fully saturated rings. The Morgan fingerprint density at radius 3 is 2.40 bits per heavy atom. The fourth-order valence-corrected chi connectivity index (χ4v) is 1.34. The van der Waals surface area contributed by atoms with Crippen LogP contribution in [0.2, 0.25) is 0 Å². The molecule has 0 spiro atoms. The van der Waals surface area contributed by atoms with Crippen molar-refractivity contribution in [1.82, 2.24) is 5.32 Å². The Hall–Kier alpha value is -0.620. The molecule has 0 rings (SSSR count). The van der Waals surface area contributed by atoms with E-state index in [4.69, 9.17) is 8.92 Å². The summed E-state index contributed by atoms with van der Waals surface area (Å²) in [5.41, 5.74) is -0.512. The van der Waals surface area contributed by atoms with E-state index in [1.165, 1.54) is 6.26 Å². The Morgan fingerprint density at radius 1 is 1.47 bits per heavy atom. The second-order valence-corrected chi connectivity index (χ2v) is 5.19. The van der Waals surface area contributed by atoms with E-state index in [0.29, 0.717) is 0 Å². The van der Waals surface area contributed by atoms with Gasteiger partial charge in [-0.1, -0.05) is 0 Å². The normalized spacial score (nSPS) is 15.5. The molecule has 90 valence electrons. The molecule has 0 aliphatic rings. The average Bonchev–Trinajstić information content (AvgIpc) is 1.96. The minimum atomic E-state index is -1.32. The van der Waals surface area contributed by atoms with Gasteiger partial charge in [0.05, 0.1) is 6.10 Å². The third kappa shape index (κ3) is 9.68. The van der Waals surface area contributed by atoms with Crippen LogP contribution in [0.5, 0.6) is 0 Å². The molecule has 0 aliphatic carbocycles. The number of ether oxygens (including phenoxy) is 1. The lowest BCUT2D eigenvalue weighted by Crippen LogP contribution is -2.36. The maximum absolute atomic E-state index is 11.2. The molecular formula is C9H19NO4S. The third-order valence-corrected chi connectivity index (χ3v) is 1.83. The summed E-state index contributed by atoms with van der Waals surface area (Å²) in [7, 11) is 0. The van der Waals surface area contributed by atoms with E-state index in [-0.39, 0.29) is 12.6 Å². The van der Waals surface area contributed by atoms with Crippen molar-refractivity contribution in [2.75, 3.05) is 12.8 Å². The van der Waals surface area contributed by atoms with E-state index in [9.17, 15) is 9.00 Å². The number of rotatable bonds is 4. The summed E-state index contributed by atoms with van der Waals surface area (Å²) in [5.74, 6) is 0. The highest BCUT2D eigenvalue weighted by Gasteiger charge is 2.16. The highest BCUT2D eigenvalue weighted by molar-refractivity contribution is 7.79. The van der Waals surface area contributed by atoms with Gasteiger partial charge >= 0.3 is 6.09 Å². The van der Waals surface area contributed by atoms with Gasteiger partial charge in [0.25, 0.3) is 0 Å². The number of amides is 1. The molecule has 15 heavy (non-hydrogen) atoms. The maximum atomic E-state index is 11.2. The van der Waals surface area contributed by atoms with Crippen LogP contribution in [0.3, 0.4) is 0 Å². The predicted molar refractivity (Wildman–Crippen MR) is 58.9 cm³/mol. The van der Waals surface area contributed by atoms with Crippen LogP contribution < -0.4 is 5.32 Å². The van der Waals surface area contributed by atoms with Crippen molar-refractivity contribution in [3.8, 4) is 0 Å². The molecule has 1 amide bonds. The van der Waals surface area contributed by atoms with Gasteiger partial charge in [0.2, 0.25) is 0 Å². The first-order valence-electron chi connectivity index (χ1n) is 4.68. The number of carbonyl (C=O) groups excluding carboxylic acids is 1. The van der Waals surface area contributed by atoms with Crippen LogP contribution in [-0.2, 0) is 20.0 Å². The SMILES string of the molecule is CC(CNC(=O)OC(C)(C)C)OS(C)=O. The lowest BCUT2D eigenvalue weighted by Gasteiger charge is -2.20. The largest absolute Gasteiger partial charge is 0.444 e. The van der Waals surface area contributed by atoms with E-state index in [0.717, 1.165) is 0 Å². The molecule has 0 aromatic rings. The Labute approximate surface area is 93.2 Å². The zero-order valence-electron chi connectivity index (χ0n) is 9.83. The summed E-state index contributed by atoms with van der Waals surface area (Å²) >= 11 is -1.32. The van der Waals surface area contributed by atoms with Crippen LogP contribution in [0.25, 0.3) is 0 Å². The van der Waals surface area contributed by atoms with Crippen LogP contribution in [-0.4, -0.2) is 34.8 Å². The molecule has 0 aromatic carbocycles. The molecule has 0 heterocycles. The Morgan fingerprint density at radius 2 is 2.00 bits per heavy atom. The fourth-order valence-electron chi connectivity index (χ4n) is 0.807. The van der Waals surface area contributed by atoms with Crippen molar-refractivity contribution in [2.24, 2.45) is 0 Å². The molecule has 5 nitrogen and oxygen atoms in total. The number of alkyl carbamates (subject to hydrolysis) is 1. The predicted octanol–water partition coefficient (Wildman–Crippen LogP) is 1.21. The van der Waals surface area contributed by atoms with Gasteiger partial charge in [0.1, 0.15) is 5.60 Å². The molecule has 0 aliphatic heterocycles. The second-order valence-electron chi connectivity index (χ2n) is 4.19. The molecule has 0 aromatic heterocycles. The van der Waals surface area contributed by atoms with Crippen molar-refractivity contribution in [3.63, 3.8) is 0 Å². The van der Waals surface area contributed by atoms with Gasteiger partial charge in [-0.25, -0.2) is 9.00 Å². The monoisotopic (exact) mass is 237 g/mol. The van der Waals surface area contributed by atoms with E-state index >= 15 is 0 Å². The Bertz CT molecular complexity index is 237. The molecule has 0 bridgehead atoms. The molecular weight excluding hydrogens is 218 g/mol. The Balaban J connectivity index is 3.76. The van der Waals surface area contributed by atoms with Gasteiger partial charge in [-0.05, 0) is 27.7 Å². The van der Waals surface area contributed by atoms with Crippen molar-refractivity contribution in [2.45, 2.75) is 39.4 Å². The first-order valence-corrected chi connectivity index (χ1v) is 6.16. The highest BCUT2D eigenvalue weighted by atomic mass is 32.2. The Kier molecular flexibility index (Phi) is 5.82. The molecule has 6 heteroatoms. The molecule has 2 unspecified atom stereocenters. The summed E-state index contributed by atoms with van der Waals surface area (Å²) < 4.78 is 20.6. The van der Waals surface area contributed by atoms with Gasteiger partial charge < -0.3 is 10.1 Å². The molecule has 2 atom stereocenters. The average molecular weight is 237 g/mol.